The van der Waals surface area contributed by atoms with Crippen LogP contribution in [-0.4, -0.2) is 96.3 Å². The molecule has 3 unspecified atom stereocenters. The molecule has 15 heteroatoms. The van der Waals surface area contributed by atoms with Crippen molar-refractivity contribution in [3.05, 3.63) is 40.5 Å². The van der Waals surface area contributed by atoms with E-state index in [-0.39, 0.29) is 60.8 Å². The van der Waals surface area contributed by atoms with E-state index in [1.165, 1.54) is 17.7 Å². The third kappa shape index (κ3) is 9.28. The molecule has 2 aliphatic rings. The summed E-state index contributed by atoms with van der Waals surface area (Å²) < 4.78 is 28.4. The Morgan fingerprint density at radius 3 is 2.49 bits per heavy atom. The van der Waals surface area contributed by atoms with Gasteiger partial charge in [0, 0.05) is 19.4 Å². The number of rotatable bonds is 10. The second-order valence-corrected chi connectivity index (χ2v) is 14.0. The molecule has 2 aromatic rings. The Morgan fingerprint density at radius 2 is 1.87 bits per heavy atom. The van der Waals surface area contributed by atoms with Crippen LogP contribution in [0.25, 0.3) is 5.69 Å². The first-order valence-corrected chi connectivity index (χ1v) is 15.3. The lowest BCUT2D eigenvalue weighted by Crippen LogP contribution is -3.00. The average Bonchev–Trinajstić information content (AvgIpc) is 3.12. The van der Waals surface area contributed by atoms with Crippen LogP contribution in [-0.2, 0) is 30.3 Å². The first kappa shape index (κ1) is 37.4. The van der Waals surface area contributed by atoms with Gasteiger partial charge in [0.25, 0.3) is 5.91 Å². The number of ether oxygens (including phenoxy) is 2. The zero-order valence-corrected chi connectivity index (χ0v) is 28.6. The van der Waals surface area contributed by atoms with Crippen molar-refractivity contribution in [2.45, 2.75) is 78.0 Å². The number of hydrogen-bond acceptors (Lipinski definition) is 9. The summed E-state index contributed by atoms with van der Waals surface area (Å²) in [5.74, 6) is -3.50. The van der Waals surface area contributed by atoms with E-state index < -0.39 is 53.4 Å². The average molecular weight is 679 g/mol. The normalized spacial score (nSPS) is 19.7. The largest absolute Gasteiger partial charge is 1.00 e. The van der Waals surface area contributed by atoms with Gasteiger partial charge in [-0.1, -0.05) is 13.8 Å². The molecule has 4 rings (SSSR count). The summed E-state index contributed by atoms with van der Waals surface area (Å²) in [5, 5.41) is 10.2. The second kappa shape index (κ2) is 14.4. The van der Waals surface area contributed by atoms with Crippen LogP contribution in [0.2, 0.25) is 0 Å². The van der Waals surface area contributed by atoms with Gasteiger partial charge in [-0.25, -0.2) is 9.07 Å². The number of anilines is 1. The number of aryl methyl sites for hydroxylation is 1. The molecule has 1 fully saturated rings. The number of Topliss-reactive ketones (excluding diaryl/α,β-unsaturated/α-hetero) is 1. The summed E-state index contributed by atoms with van der Waals surface area (Å²) in [6.45, 7) is 7.38. The fourth-order valence-corrected chi connectivity index (χ4v) is 6.19. The summed E-state index contributed by atoms with van der Waals surface area (Å²) in [7, 11) is 5.73. The number of amides is 2. The molecular formula is C32H44ClFN6O7. The predicted octanol–water partition coefficient (Wildman–Crippen LogP) is -0.792. The summed E-state index contributed by atoms with van der Waals surface area (Å²) in [4.78, 5) is 62.7. The maximum atomic E-state index is 15.5. The number of benzene rings is 1. The van der Waals surface area contributed by atoms with Gasteiger partial charge < -0.3 is 42.7 Å². The number of quaternary nitrogens is 1. The lowest BCUT2D eigenvalue weighted by molar-refractivity contribution is -0.873. The zero-order chi connectivity index (χ0) is 34.1. The minimum atomic E-state index is -1.03. The highest BCUT2D eigenvalue weighted by atomic mass is 35.5. The fraction of sp³-hybridized carbons (Fsp3) is 0.562. The predicted molar refractivity (Wildman–Crippen MR) is 166 cm³/mol. The van der Waals surface area contributed by atoms with Crippen LogP contribution in [0, 0.1) is 18.2 Å². The number of likely N-dealkylation sites (N-methyl/N-ethyl adjacent to an activating group) is 1. The minimum Gasteiger partial charge on any atom is -1.00 e. The van der Waals surface area contributed by atoms with E-state index in [1.807, 2.05) is 35.0 Å². The Hall–Kier alpha value is -4.04. The van der Waals surface area contributed by atoms with Gasteiger partial charge in [-0.05, 0) is 37.7 Å². The summed E-state index contributed by atoms with van der Waals surface area (Å²) in [5.41, 5.74) is 6.72. The van der Waals surface area contributed by atoms with Crippen molar-refractivity contribution in [1.82, 2.24) is 15.1 Å². The lowest BCUT2D eigenvalue weighted by atomic mass is 9.75. The van der Waals surface area contributed by atoms with E-state index >= 15 is 4.39 Å². The number of hydrogen-bond donors (Lipinski definition) is 3. The Labute approximate surface area is 279 Å². The molecule has 4 N–H and O–H groups in total. The Balaban J connectivity index is 0.00000600. The summed E-state index contributed by atoms with van der Waals surface area (Å²) in [6.07, 6.45) is -0.143. The van der Waals surface area contributed by atoms with Crippen molar-refractivity contribution in [1.29, 1.82) is 0 Å². The van der Waals surface area contributed by atoms with Gasteiger partial charge in [0.1, 0.15) is 24.5 Å². The van der Waals surface area contributed by atoms with E-state index in [0.717, 1.165) is 6.07 Å². The summed E-state index contributed by atoms with van der Waals surface area (Å²) >= 11 is 0. The van der Waals surface area contributed by atoms with Crippen molar-refractivity contribution >= 4 is 35.2 Å². The molecule has 1 aromatic heterocycles. The molecule has 1 saturated heterocycles. The maximum absolute atomic E-state index is 15.5. The van der Waals surface area contributed by atoms with Crippen molar-refractivity contribution in [2.24, 2.45) is 11.1 Å². The van der Waals surface area contributed by atoms with Gasteiger partial charge >= 0.3 is 11.9 Å². The van der Waals surface area contributed by atoms with Gasteiger partial charge in [-0.2, -0.15) is 5.10 Å². The number of primary amides is 1. The van der Waals surface area contributed by atoms with Gasteiger partial charge in [0.2, 0.25) is 5.91 Å². The fourth-order valence-electron chi connectivity index (χ4n) is 6.19. The van der Waals surface area contributed by atoms with E-state index in [9.17, 15) is 24.0 Å². The lowest BCUT2D eigenvalue weighted by Gasteiger charge is -2.29. The standard InChI is InChI=1S/C32H43FN6O7.ClH/c1-17-28-25(13-32(3,4)14-26(28)41)38(37-17)19-10-22(33)29(30(34)43)24(11-19)36-23-9-8-20(15-35-31(23)44)46-27(42)12-21(45-18(2)40)16-39(5,6)7;/h10-11,20-21,23H,8-9,12-16H2,1-7H3,(H3-,34,35,36,43,44);1H. The number of nitrogens with two attached hydrogens (primary N) is 1. The number of nitrogens with one attached hydrogen (secondary N) is 2. The number of ketones is 1. The molecule has 3 atom stereocenters. The number of carbonyl (C=O) groups is 5. The number of carbonyl (C=O) groups excluding carboxylic acids is 5. The molecular weight excluding hydrogens is 635 g/mol. The van der Waals surface area contributed by atoms with E-state index in [1.54, 1.807) is 6.92 Å². The van der Waals surface area contributed by atoms with Crippen molar-refractivity contribution < 1.29 is 54.7 Å². The number of fused-ring (bicyclic) bond motifs is 1. The number of esters is 2. The smallest absolute Gasteiger partial charge is 0.310 e. The molecule has 0 spiro atoms. The van der Waals surface area contributed by atoms with Gasteiger partial charge in [0.05, 0.1) is 68.0 Å². The Kier molecular flexibility index (Phi) is 11.5. The Morgan fingerprint density at radius 1 is 1.19 bits per heavy atom. The number of aromatic nitrogens is 2. The van der Waals surface area contributed by atoms with E-state index in [4.69, 9.17) is 15.2 Å². The van der Waals surface area contributed by atoms with Crippen molar-refractivity contribution in [3.63, 3.8) is 0 Å². The molecule has 258 valence electrons. The first-order chi connectivity index (χ1) is 21.3. The number of halogens is 2. The molecule has 0 radical (unpaired) electrons. The van der Waals surface area contributed by atoms with Gasteiger partial charge in [0.15, 0.2) is 11.9 Å². The second-order valence-electron chi connectivity index (χ2n) is 14.0. The molecule has 2 amide bonds. The molecule has 2 heterocycles. The third-order valence-electron chi connectivity index (χ3n) is 7.99. The number of nitrogens with zero attached hydrogens (tertiary/aromatic N) is 3. The Bertz CT molecular complexity index is 1570. The summed E-state index contributed by atoms with van der Waals surface area (Å²) in [6, 6.07) is 1.70. The topological polar surface area (TPSA) is 172 Å². The highest BCUT2D eigenvalue weighted by Crippen LogP contribution is 2.37. The van der Waals surface area contributed by atoms with Crippen LogP contribution in [0.3, 0.4) is 0 Å². The highest BCUT2D eigenvalue weighted by Gasteiger charge is 2.36. The van der Waals surface area contributed by atoms with Gasteiger partial charge in [-0.3, -0.25) is 24.0 Å². The molecule has 1 aliphatic carbocycles. The van der Waals surface area contributed by atoms with Crippen LogP contribution in [0.5, 0.6) is 0 Å². The highest BCUT2D eigenvalue weighted by molar-refractivity contribution is 6.01. The van der Waals surface area contributed by atoms with Crippen LogP contribution >= 0.6 is 0 Å². The molecule has 47 heavy (non-hydrogen) atoms. The van der Waals surface area contributed by atoms with Crippen LogP contribution in [0.4, 0.5) is 10.1 Å². The quantitative estimate of drug-likeness (QED) is 0.215. The van der Waals surface area contributed by atoms with Crippen molar-refractivity contribution in [3.8, 4) is 5.69 Å². The van der Waals surface area contributed by atoms with E-state index in [2.05, 4.69) is 15.7 Å². The van der Waals surface area contributed by atoms with Crippen molar-refractivity contribution in [2.75, 3.05) is 39.5 Å². The minimum absolute atomic E-state index is 0. The van der Waals surface area contributed by atoms with Gasteiger partial charge in [-0.15, -0.1) is 0 Å². The van der Waals surface area contributed by atoms with Crippen LogP contribution in [0.15, 0.2) is 12.1 Å². The maximum Gasteiger partial charge on any atom is 0.310 e. The van der Waals surface area contributed by atoms with Crippen LogP contribution < -0.4 is 28.8 Å². The molecule has 0 saturated carbocycles. The molecule has 13 nitrogen and oxygen atoms in total. The first-order valence-electron chi connectivity index (χ1n) is 15.3. The zero-order valence-electron chi connectivity index (χ0n) is 27.9. The SMILES string of the molecule is CC(=O)OC(CC(=O)OC1CCC(Nc2cc(-n3nc(C)c4c3CC(C)(C)CC4=O)cc(F)c2C(N)=O)C(=O)NC1)C[N+](C)(C)C.[Cl-]. The van der Waals surface area contributed by atoms with E-state index in [0.29, 0.717) is 40.8 Å². The third-order valence-corrected chi connectivity index (χ3v) is 7.99. The monoisotopic (exact) mass is 678 g/mol. The molecule has 0 bridgehead atoms. The van der Waals surface area contributed by atoms with Crippen LogP contribution in [0.1, 0.15) is 78.6 Å². The molecule has 1 aliphatic heterocycles. The molecule has 1 aromatic carbocycles.